The first-order chi connectivity index (χ1) is 14.9. The van der Waals surface area contributed by atoms with Gasteiger partial charge in [-0.2, -0.15) is 13.2 Å². The maximum Gasteiger partial charge on any atom is 0.416 e. The number of carbonyl (C=O) groups is 1. The van der Waals surface area contributed by atoms with E-state index in [1.54, 1.807) is 6.07 Å². The fraction of sp³-hybridized carbons (Fsp3) is 0.192. The number of alkyl halides is 3. The van der Waals surface area contributed by atoms with Crippen molar-refractivity contribution in [1.29, 1.82) is 0 Å². The fourth-order valence-corrected chi connectivity index (χ4v) is 3.79. The van der Waals surface area contributed by atoms with E-state index in [-0.39, 0.29) is 12.3 Å². The highest BCUT2D eigenvalue weighted by atomic mass is 19.4. The van der Waals surface area contributed by atoms with Crippen LogP contribution in [0, 0.1) is 0 Å². The fourth-order valence-electron chi connectivity index (χ4n) is 3.79. The summed E-state index contributed by atoms with van der Waals surface area (Å²) >= 11 is 0. The zero-order valence-corrected chi connectivity index (χ0v) is 16.9. The van der Waals surface area contributed by atoms with Crippen LogP contribution in [0.15, 0.2) is 84.9 Å². The maximum atomic E-state index is 13.0. The number of halogens is 3. The minimum atomic E-state index is -4.35. The van der Waals surface area contributed by atoms with Crippen molar-refractivity contribution in [2.75, 3.05) is 19.6 Å². The molecule has 1 aliphatic heterocycles. The van der Waals surface area contributed by atoms with E-state index in [4.69, 9.17) is 0 Å². The van der Waals surface area contributed by atoms with Crippen LogP contribution < -0.4 is 0 Å². The SMILES string of the molecule is O=C(CN1CC=C(c2cccc(C(F)(F)F)c2)CC1)c1ccc(-c2ccccc2)cc1. The van der Waals surface area contributed by atoms with Crippen molar-refractivity contribution in [3.63, 3.8) is 0 Å². The molecule has 0 N–H and O–H groups in total. The Morgan fingerprint density at radius 3 is 2.16 bits per heavy atom. The van der Waals surface area contributed by atoms with Gasteiger partial charge >= 0.3 is 6.18 Å². The number of Topliss-reactive ketones (excluding diaryl/α,β-unsaturated/α-hetero) is 1. The zero-order chi connectivity index (χ0) is 21.8. The van der Waals surface area contributed by atoms with Gasteiger partial charge in [0, 0.05) is 18.7 Å². The lowest BCUT2D eigenvalue weighted by Crippen LogP contribution is -2.33. The molecule has 5 heteroatoms. The van der Waals surface area contributed by atoms with E-state index in [1.807, 2.05) is 65.6 Å². The van der Waals surface area contributed by atoms with E-state index >= 15 is 0 Å². The van der Waals surface area contributed by atoms with Crippen LogP contribution in [0.5, 0.6) is 0 Å². The minimum absolute atomic E-state index is 0.0375. The number of carbonyl (C=O) groups excluding carboxylic acids is 1. The maximum absolute atomic E-state index is 13.0. The summed E-state index contributed by atoms with van der Waals surface area (Å²) in [7, 11) is 0. The zero-order valence-electron chi connectivity index (χ0n) is 16.9. The van der Waals surface area contributed by atoms with Gasteiger partial charge in [-0.1, -0.05) is 72.8 Å². The Hall–Kier alpha value is -3.18. The van der Waals surface area contributed by atoms with Gasteiger partial charge in [-0.25, -0.2) is 0 Å². The first-order valence-corrected chi connectivity index (χ1v) is 10.2. The first kappa shape index (κ1) is 21.1. The third-order valence-corrected chi connectivity index (χ3v) is 5.54. The molecule has 2 nitrogen and oxygen atoms in total. The van der Waals surface area contributed by atoms with Crippen LogP contribution in [0.1, 0.15) is 27.9 Å². The summed E-state index contributed by atoms with van der Waals surface area (Å²) in [5, 5.41) is 0. The van der Waals surface area contributed by atoms with Gasteiger partial charge in [0.2, 0.25) is 0 Å². The minimum Gasteiger partial charge on any atom is -0.293 e. The molecule has 1 aliphatic rings. The smallest absolute Gasteiger partial charge is 0.293 e. The quantitative estimate of drug-likeness (QED) is 0.448. The number of benzene rings is 3. The third kappa shape index (κ3) is 5.12. The standard InChI is InChI=1S/C26H22F3NO/c27-26(28,29)24-8-4-7-23(17-24)21-13-15-30(16-14-21)18-25(31)22-11-9-20(10-12-22)19-5-2-1-3-6-19/h1-13,17H,14-16,18H2. The molecule has 0 amide bonds. The van der Waals surface area contributed by atoms with E-state index in [0.29, 0.717) is 30.6 Å². The number of nitrogens with zero attached hydrogens (tertiary/aromatic N) is 1. The Morgan fingerprint density at radius 2 is 1.52 bits per heavy atom. The Kier molecular flexibility index (Phi) is 6.05. The third-order valence-electron chi connectivity index (χ3n) is 5.54. The van der Waals surface area contributed by atoms with Gasteiger partial charge in [-0.05, 0) is 40.8 Å². The van der Waals surface area contributed by atoms with Gasteiger partial charge in [0.05, 0.1) is 12.1 Å². The molecule has 0 unspecified atom stereocenters. The van der Waals surface area contributed by atoms with Crippen LogP contribution in [0.2, 0.25) is 0 Å². The Balaban J connectivity index is 1.38. The van der Waals surface area contributed by atoms with E-state index in [9.17, 15) is 18.0 Å². The van der Waals surface area contributed by atoms with Crippen molar-refractivity contribution in [3.05, 3.63) is 102 Å². The lowest BCUT2D eigenvalue weighted by Gasteiger charge is -2.26. The molecule has 3 aromatic carbocycles. The van der Waals surface area contributed by atoms with Gasteiger partial charge in [-0.3, -0.25) is 9.69 Å². The highest BCUT2D eigenvalue weighted by molar-refractivity contribution is 5.98. The molecule has 0 fully saturated rings. The Labute approximate surface area is 179 Å². The molecule has 1 heterocycles. The molecule has 4 rings (SSSR count). The Bertz CT molecular complexity index is 1090. The second kappa shape index (κ2) is 8.90. The summed E-state index contributed by atoms with van der Waals surface area (Å²) in [5.41, 5.74) is 3.67. The second-order valence-electron chi connectivity index (χ2n) is 7.66. The molecule has 0 aromatic heterocycles. The molecule has 0 aliphatic carbocycles. The Morgan fingerprint density at radius 1 is 0.839 bits per heavy atom. The van der Waals surface area contributed by atoms with Crippen LogP contribution in [0.25, 0.3) is 16.7 Å². The van der Waals surface area contributed by atoms with Crippen molar-refractivity contribution < 1.29 is 18.0 Å². The molecule has 0 bridgehead atoms. The van der Waals surface area contributed by atoms with Gasteiger partial charge in [0.15, 0.2) is 5.78 Å². The van der Waals surface area contributed by atoms with Crippen LogP contribution in [-0.4, -0.2) is 30.3 Å². The van der Waals surface area contributed by atoms with Crippen molar-refractivity contribution in [3.8, 4) is 11.1 Å². The average molecular weight is 421 g/mol. The molecule has 0 radical (unpaired) electrons. The number of rotatable bonds is 5. The van der Waals surface area contributed by atoms with Gasteiger partial charge in [0.1, 0.15) is 0 Å². The van der Waals surface area contributed by atoms with Crippen molar-refractivity contribution in [2.24, 2.45) is 0 Å². The number of hydrogen-bond donors (Lipinski definition) is 0. The lowest BCUT2D eigenvalue weighted by atomic mass is 9.97. The lowest BCUT2D eigenvalue weighted by molar-refractivity contribution is -0.137. The van der Waals surface area contributed by atoms with Crippen LogP contribution in [0.3, 0.4) is 0 Å². The molecular formula is C26H22F3NO. The molecule has 0 spiro atoms. The van der Waals surface area contributed by atoms with E-state index in [0.717, 1.165) is 22.8 Å². The number of ketones is 1. The van der Waals surface area contributed by atoms with E-state index < -0.39 is 11.7 Å². The predicted octanol–water partition coefficient (Wildman–Crippen LogP) is 6.34. The molecule has 3 aromatic rings. The van der Waals surface area contributed by atoms with Gasteiger partial charge in [-0.15, -0.1) is 0 Å². The van der Waals surface area contributed by atoms with Gasteiger partial charge < -0.3 is 0 Å². The largest absolute Gasteiger partial charge is 0.416 e. The topological polar surface area (TPSA) is 20.3 Å². The molecule has 0 saturated heterocycles. The monoisotopic (exact) mass is 421 g/mol. The van der Waals surface area contributed by atoms with Crippen LogP contribution >= 0.6 is 0 Å². The summed E-state index contributed by atoms with van der Waals surface area (Å²) in [4.78, 5) is 14.7. The van der Waals surface area contributed by atoms with Crippen molar-refractivity contribution >= 4 is 11.4 Å². The summed E-state index contributed by atoms with van der Waals surface area (Å²) in [6.45, 7) is 1.46. The highest BCUT2D eigenvalue weighted by Crippen LogP contribution is 2.32. The summed E-state index contributed by atoms with van der Waals surface area (Å²) in [5.74, 6) is 0.0375. The van der Waals surface area contributed by atoms with Crippen LogP contribution in [-0.2, 0) is 6.18 Å². The van der Waals surface area contributed by atoms with Crippen molar-refractivity contribution in [1.82, 2.24) is 4.90 Å². The molecule has 158 valence electrons. The molecular weight excluding hydrogens is 399 g/mol. The molecule has 0 saturated carbocycles. The molecule has 31 heavy (non-hydrogen) atoms. The summed E-state index contributed by atoms with van der Waals surface area (Å²) in [6, 6.07) is 23.0. The normalized spacial score (nSPS) is 14.9. The average Bonchev–Trinajstić information content (AvgIpc) is 2.80. The summed E-state index contributed by atoms with van der Waals surface area (Å²) in [6.07, 6.45) is -1.81. The van der Waals surface area contributed by atoms with E-state index in [1.165, 1.54) is 12.1 Å². The predicted molar refractivity (Wildman–Crippen MR) is 117 cm³/mol. The molecule has 0 atom stereocenters. The second-order valence-corrected chi connectivity index (χ2v) is 7.66. The van der Waals surface area contributed by atoms with Crippen molar-refractivity contribution in [2.45, 2.75) is 12.6 Å². The highest BCUT2D eigenvalue weighted by Gasteiger charge is 2.30. The van der Waals surface area contributed by atoms with Gasteiger partial charge in [0.25, 0.3) is 0 Å². The number of hydrogen-bond acceptors (Lipinski definition) is 2. The summed E-state index contributed by atoms with van der Waals surface area (Å²) < 4.78 is 38.9. The van der Waals surface area contributed by atoms with Crippen LogP contribution in [0.4, 0.5) is 13.2 Å². The first-order valence-electron chi connectivity index (χ1n) is 10.2. The van der Waals surface area contributed by atoms with E-state index in [2.05, 4.69) is 0 Å².